The van der Waals surface area contributed by atoms with Crippen molar-refractivity contribution in [3.8, 4) is 11.5 Å². The van der Waals surface area contributed by atoms with Gasteiger partial charge in [-0.15, -0.1) is 11.3 Å². The van der Waals surface area contributed by atoms with Gasteiger partial charge in [0.1, 0.15) is 16.5 Å². The van der Waals surface area contributed by atoms with Gasteiger partial charge in [0.15, 0.2) is 5.92 Å². The van der Waals surface area contributed by atoms with E-state index >= 15 is 0 Å². The van der Waals surface area contributed by atoms with Crippen LogP contribution in [0.4, 0.5) is 10.5 Å². The molecule has 0 aliphatic carbocycles. The number of imide groups is 1. The van der Waals surface area contributed by atoms with E-state index in [1.165, 1.54) is 30.1 Å². The third-order valence-corrected chi connectivity index (χ3v) is 7.11. The predicted molar refractivity (Wildman–Crippen MR) is 132 cm³/mol. The summed E-state index contributed by atoms with van der Waals surface area (Å²) in [4.78, 5) is 49.1. The zero-order valence-electron chi connectivity index (χ0n) is 18.9. The SMILES string of the molecule is COc1ccc(NC(=O)CSC2=NC(c3cccs3)=NC3=[N+](C)C(=O)N(C)C(=O)C23)c(OC)c1. The van der Waals surface area contributed by atoms with Gasteiger partial charge in [-0.2, -0.15) is 9.48 Å². The summed E-state index contributed by atoms with van der Waals surface area (Å²) < 4.78 is 11.9. The van der Waals surface area contributed by atoms with Crippen molar-refractivity contribution in [3.63, 3.8) is 0 Å². The zero-order valence-corrected chi connectivity index (χ0v) is 20.5. The second kappa shape index (κ2) is 9.77. The number of urea groups is 1. The number of methoxy groups -OCH3 is 2. The van der Waals surface area contributed by atoms with Crippen LogP contribution in [0.5, 0.6) is 11.5 Å². The van der Waals surface area contributed by atoms with E-state index < -0.39 is 17.9 Å². The fourth-order valence-electron chi connectivity index (χ4n) is 3.43. The summed E-state index contributed by atoms with van der Waals surface area (Å²) in [6.07, 6.45) is 0. The van der Waals surface area contributed by atoms with Gasteiger partial charge < -0.3 is 14.8 Å². The average molecular weight is 501 g/mol. The van der Waals surface area contributed by atoms with Crippen LogP contribution in [0.15, 0.2) is 45.7 Å². The highest BCUT2D eigenvalue weighted by Gasteiger charge is 2.49. The quantitative estimate of drug-likeness (QED) is 0.610. The van der Waals surface area contributed by atoms with Crippen LogP contribution in [0.25, 0.3) is 0 Å². The Balaban J connectivity index is 1.59. The Kier molecular flexibility index (Phi) is 6.80. The van der Waals surface area contributed by atoms with Gasteiger partial charge in [0.25, 0.3) is 5.84 Å². The lowest BCUT2D eigenvalue weighted by Gasteiger charge is -2.26. The number of anilines is 1. The van der Waals surface area contributed by atoms with Crippen molar-refractivity contribution in [2.24, 2.45) is 15.9 Å². The average Bonchev–Trinajstić information content (AvgIpc) is 3.39. The molecule has 0 fully saturated rings. The van der Waals surface area contributed by atoms with E-state index in [9.17, 15) is 14.4 Å². The molecule has 1 aromatic heterocycles. The number of thioether (sulfide) groups is 1. The smallest absolute Gasteiger partial charge is 0.445 e. The molecule has 1 unspecified atom stereocenters. The van der Waals surface area contributed by atoms with Crippen molar-refractivity contribution in [1.29, 1.82) is 0 Å². The van der Waals surface area contributed by atoms with Crippen LogP contribution in [0.1, 0.15) is 4.88 Å². The lowest BCUT2D eigenvalue weighted by molar-refractivity contribution is -0.407. The molecule has 0 bridgehead atoms. The van der Waals surface area contributed by atoms with Crippen molar-refractivity contribution in [2.75, 3.05) is 39.4 Å². The number of carbonyl (C=O) groups is 3. The van der Waals surface area contributed by atoms with Crippen LogP contribution in [0, 0.1) is 5.92 Å². The largest absolute Gasteiger partial charge is 0.497 e. The van der Waals surface area contributed by atoms with Gasteiger partial charge in [-0.3, -0.25) is 9.59 Å². The van der Waals surface area contributed by atoms with Crippen LogP contribution in [0.3, 0.4) is 0 Å². The Labute approximate surface area is 204 Å². The molecule has 4 amide bonds. The summed E-state index contributed by atoms with van der Waals surface area (Å²) in [7, 11) is 6.03. The summed E-state index contributed by atoms with van der Waals surface area (Å²) >= 11 is 2.58. The maximum atomic E-state index is 13.0. The molecular weight excluding hydrogens is 478 g/mol. The highest BCUT2D eigenvalue weighted by molar-refractivity contribution is 8.14. The van der Waals surface area contributed by atoms with Crippen molar-refractivity contribution in [2.45, 2.75) is 0 Å². The molecule has 34 heavy (non-hydrogen) atoms. The van der Waals surface area contributed by atoms with Gasteiger partial charge in [0.05, 0.1) is 44.6 Å². The number of fused-ring (bicyclic) bond motifs is 1. The van der Waals surface area contributed by atoms with Gasteiger partial charge in [-0.25, -0.2) is 9.79 Å². The van der Waals surface area contributed by atoms with E-state index in [1.54, 1.807) is 32.4 Å². The van der Waals surface area contributed by atoms with Crippen LogP contribution >= 0.6 is 23.1 Å². The molecule has 4 rings (SSSR count). The minimum absolute atomic E-state index is 0.00975. The van der Waals surface area contributed by atoms with Gasteiger partial charge in [0, 0.05) is 6.07 Å². The Morgan fingerprint density at radius 1 is 1.24 bits per heavy atom. The first-order valence-electron chi connectivity index (χ1n) is 10.1. The van der Waals surface area contributed by atoms with E-state index in [-0.39, 0.29) is 11.7 Å². The molecular formula is C22H22N5O5S2+. The molecule has 1 aromatic carbocycles. The summed E-state index contributed by atoms with van der Waals surface area (Å²) in [5, 5.41) is 5.10. The number of carbonyl (C=O) groups excluding carboxylic acids is 3. The van der Waals surface area contributed by atoms with Gasteiger partial charge in [0.2, 0.25) is 11.7 Å². The van der Waals surface area contributed by atoms with Crippen molar-refractivity contribution in [3.05, 3.63) is 40.6 Å². The number of nitrogens with zero attached hydrogens (tertiary/aromatic N) is 4. The molecule has 0 saturated carbocycles. The van der Waals surface area contributed by atoms with Crippen molar-refractivity contribution < 1.29 is 28.4 Å². The van der Waals surface area contributed by atoms with Gasteiger partial charge in [-0.1, -0.05) is 22.8 Å². The number of amidine groups is 2. The Morgan fingerprint density at radius 3 is 2.71 bits per heavy atom. The number of rotatable bonds is 6. The fourth-order valence-corrected chi connectivity index (χ4v) is 4.96. The topological polar surface area (TPSA) is 113 Å². The lowest BCUT2D eigenvalue weighted by atomic mass is 10.0. The number of amides is 4. The van der Waals surface area contributed by atoms with E-state index in [1.807, 2.05) is 17.5 Å². The monoisotopic (exact) mass is 500 g/mol. The fraction of sp³-hybridized carbons (Fsp3) is 0.273. The normalized spacial score (nSPS) is 17.8. The summed E-state index contributed by atoms with van der Waals surface area (Å²) in [6.45, 7) is 0. The van der Waals surface area contributed by atoms with Crippen LogP contribution in [-0.4, -0.2) is 78.1 Å². The minimum Gasteiger partial charge on any atom is -0.497 e. The Hall–Kier alpha value is -3.51. The molecule has 0 saturated heterocycles. The molecule has 1 N–H and O–H groups in total. The first kappa shape index (κ1) is 23.6. The molecule has 0 radical (unpaired) electrons. The molecule has 1 atom stereocenters. The third-order valence-electron chi connectivity index (χ3n) is 5.21. The van der Waals surface area contributed by atoms with E-state index in [0.717, 1.165) is 21.5 Å². The van der Waals surface area contributed by atoms with Crippen LogP contribution in [0.2, 0.25) is 0 Å². The zero-order chi connectivity index (χ0) is 24.4. The number of aliphatic imine (C=N–C) groups is 2. The number of ether oxygens (including phenoxy) is 2. The maximum absolute atomic E-state index is 13.0. The van der Waals surface area contributed by atoms with Crippen LogP contribution < -0.4 is 14.8 Å². The minimum atomic E-state index is -0.857. The molecule has 3 heterocycles. The van der Waals surface area contributed by atoms with Crippen molar-refractivity contribution >= 4 is 63.3 Å². The summed E-state index contributed by atoms with van der Waals surface area (Å²) in [6, 6.07) is 8.32. The summed E-state index contributed by atoms with van der Waals surface area (Å²) in [5.74, 6) is 0.149. The van der Waals surface area contributed by atoms with Gasteiger partial charge >= 0.3 is 11.9 Å². The highest BCUT2D eigenvalue weighted by Crippen LogP contribution is 2.30. The van der Waals surface area contributed by atoms with Crippen LogP contribution in [-0.2, 0) is 9.59 Å². The lowest BCUT2D eigenvalue weighted by Crippen LogP contribution is -2.54. The highest BCUT2D eigenvalue weighted by atomic mass is 32.2. The second-order valence-electron chi connectivity index (χ2n) is 7.30. The van der Waals surface area contributed by atoms with E-state index in [2.05, 4.69) is 15.3 Å². The molecule has 2 aromatic rings. The molecule has 10 nitrogen and oxygen atoms in total. The number of hydrogen-bond donors (Lipinski definition) is 1. The molecule has 12 heteroatoms. The van der Waals surface area contributed by atoms with Crippen molar-refractivity contribution in [1.82, 2.24) is 4.90 Å². The second-order valence-corrected chi connectivity index (χ2v) is 9.24. The third kappa shape index (κ3) is 4.46. The Bertz CT molecular complexity index is 1250. The standard InChI is InChI=1S/C22H21N5O5S2/c1-26-19-17(21(29)27(2)22(26)30)20(25-18(24-19)15-6-5-9-33-15)34-11-16(28)23-13-8-7-12(31-3)10-14(13)32-4/h5-10,17H,11H2,1-4H3/p+1. The summed E-state index contributed by atoms with van der Waals surface area (Å²) in [5.41, 5.74) is 0.492. The number of benzene rings is 1. The predicted octanol–water partition coefficient (Wildman–Crippen LogP) is 2.54. The van der Waals surface area contributed by atoms with E-state index in [4.69, 9.17) is 9.47 Å². The number of nitrogens with one attached hydrogen (secondary N) is 1. The van der Waals surface area contributed by atoms with Gasteiger partial charge in [-0.05, 0) is 23.6 Å². The first-order chi connectivity index (χ1) is 16.3. The van der Waals surface area contributed by atoms with E-state index in [0.29, 0.717) is 33.9 Å². The Morgan fingerprint density at radius 2 is 2.03 bits per heavy atom. The molecule has 2 aliphatic rings. The molecule has 176 valence electrons. The number of thiophene rings is 1. The molecule has 2 aliphatic heterocycles. The maximum Gasteiger partial charge on any atom is 0.445 e. The number of hydrogen-bond acceptors (Lipinski definition) is 9. The first-order valence-corrected chi connectivity index (χ1v) is 12.0. The molecule has 0 spiro atoms.